The van der Waals surface area contributed by atoms with E-state index in [0.29, 0.717) is 17.7 Å². The van der Waals surface area contributed by atoms with E-state index < -0.39 is 0 Å². The Morgan fingerprint density at radius 2 is 2.36 bits per heavy atom. The lowest BCUT2D eigenvalue weighted by atomic mass is 10.1. The number of benzene rings is 1. The molecule has 0 amide bonds. The van der Waals surface area contributed by atoms with Gasteiger partial charge in [-0.2, -0.15) is 0 Å². The van der Waals surface area contributed by atoms with Gasteiger partial charge in [-0.25, -0.2) is 0 Å². The third kappa shape index (κ3) is 1.73. The SMILES string of the molecule is O=[N+]([O-])c1cccc(C2CC2CCl)c1. The van der Waals surface area contributed by atoms with Crippen molar-refractivity contribution >= 4 is 17.3 Å². The standard InChI is InChI=1S/C10H10ClNO2/c11-6-8-5-10(8)7-2-1-3-9(4-7)12(13)14/h1-4,8,10H,5-6H2. The van der Waals surface area contributed by atoms with Gasteiger partial charge in [0.1, 0.15) is 0 Å². The number of hydrogen-bond donors (Lipinski definition) is 0. The highest BCUT2D eigenvalue weighted by Gasteiger charge is 2.37. The second-order valence-corrected chi connectivity index (χ2v) is 3.92. The molecule has 0 spiro atoms. The smallest absolute Gasteiger partial charge is 0.258 e. The van der Waals surface area contributed by atoms with Crippen LogP contribution in [0.1, 0.15) is 17.9 Å². The Hall–Kier alpha value is -1.09. The Bertz CT molecular complexity index is 367. The topological polar surface area (TPSA) is 43.1 Å². The molecule has 14 heavy (non-hydrogen) atoms. The van der Waals surface area contributed by atoms with E-state index in [4.69, 9.17) is 11.6 Å². The summed E-state index contributed by atoms with van der Waals surface area (Å²) in [5, 5.41) is 10.5. The Morgan fingerprint density at radius 3 is 2.93 bits per heavy atom. The van der Waals surface area contributed by atoms with E-state index in [-0.39, 0.29) is 10.6 Å². The van der Waals surface area contributed by atoms with Crippen molar-refractivity contribution in [3.63, 3.8) is 0 Å². The highest BCUT2D eigenvalue weighted by Crippen LogP contribution is 2.48. The number of nitrogens with zero attached hydrogens (tertiary/aromatic N) is 1. The molecule has 1 aliphatic rings. The number of nitro benzene ring substituents is 1. The molecule has 1 fully saturated rings. The minimum atomic E-state index is -0.360. The van der Waals surface area contributed by atoms with Gasteiger partial charge >= 0.3 is 0 Å². The van der Waals surface area contributed by atoms with Crippen LogP contribution in [0.3, 0.4) is 0 Å². The van der Waals surface area contributed by atoms with E-state index in [0.717, 1.165) is 12.0 Å². The van der Waals surface area contributed by atoms with Crippen molar-refractivity contribution < 1.29 is 4.92 Å². The maximum Gasteiger partial charge on any atom is 0.269 e. The van der Waals surface area contributed by atoms with E-state index in [2.05, 4.69) is 0 Å². The maximum absolute atomic E-state index is 10.5. The van der Waals surface area contributed by atoms with E-state index in [1.807, 2.05) is 6.07 Å². The highest BCUT2D eigenvalue weighted by atomic mass is 35.5. The van der Waals surface area contributed by atoms with Gasteiger partial charge in [0.25, 0.3) is 5.69 Å². The van der Waals surface area contributed by atoms with Crippen molar-refractivity contribution in [3.05, 3.63) is 39.9 Å². The molecule has 0 bridgehead atoms. The van der Waals surface area contributed by atoms with Crippen LogP contribution in [0.2, 0.25) is 0 Å². The number of nitro groups is 1. The van der Waals surface area contributed by atoms with Crippen LogP contribution in [0.25, 0.3) is 0 Å². The molecule has 2 unspecified atom stereocenters. The molecule has 0 saturated heterocycles. The van der Waals surface area contributed by atoms with E-state index in [1.165, 1.54) is 6.07 Å². The van der Waals surface area contributed by atoms with E-state index in [9.17, 15) is 10.1 Å². The molecule has 2 atom stereocenters. The summed E-state index contributed by atoms with van der Waals surface area (Å²) in [5.41, 5.74) is 1.22. The van der Waals surface area contributed by atoms with Crippen molar-refractivity contribution in [2.75, 3.05) is 5.88 Å². The zero-order chi connectivity index (χ0) is 10.1. The molecular formula is C10H10ClNO2. The minimum Gasteiger partial charge on any atom is -0.258 e. The molecule has 0 heterocycles. The molecule has 0 aromatic heterocycles. The zero-order valence-corrected chi connectivity index (χ0v) is 8.28. The van der Waals surface area contributed by atoms with Crippen LogP contribution in [0.15, 0.2) is 24.3 Å². The number of hydrogen-bond acceptors (Lipinski definition) is 2. The molecule has 1 aromatic carbocycles. The quantitative estimate of drug-likeness (QED) is 0.438. The molecule has 1 aliphatic carbocycles. The van der Waals surface area contributed by atoms with Gasteiger partial charge in [-0.05, 0) is 23.8 Å². The molecule has 74 valence electrons. The third-order valence-corrected chi connectivity index (χ3v) is 3.03. The van der Waals surface area contributed by atoms with Gasteiger partial charge in [-0.3, -0.25) is 10.1 Å². The van der Waals surface area contributed by atoms with Crippen LogP contribution >= 0.6 is 11.6 Å². The molecule has 1 saturated carbocycles. The van der Waals surface area contributed by atoms with Crippen molar-refractivity contribution in [1.29, 1.82) is 0 Å². The molecule has 3 nitrogen and oxygen atoms in total. The Kier molecular flexibility index (Phi) is 2.42. The molecule has 4 heteroatoms. The number of halogens is 1. The highest BCUT2D eigenvalue weighted by molar-refractivity contribution is 6.18. The summed E-state index contributed by atoms with van der Waals surface area (Å²) in [5.74, 6) is 1.60. The average Bonchev–Trinajstić information content (AvgIpc) is 2.97. The lowest BCUT2D eigenvalue weighted by Gasteiger charge is -1.98. The summed E-state index contributed by atoms with van der Waals surface area (Å²) < 4.78 is 0. The first kappa shape index (κ1) is 9.46. The lowest BCUT2D eigenvalue weighted by Crippen LogP contribution is -1.90. The van der Waals surface area contributed by atoms with Crippen molar-refractivity contribution in [3.8, 4) is 0 Å². The van der Waals surface area contributed by atoms with Gasteiger partial charge in [0.2, 0.25) is 0 Å². The normalized spacial score (nSPS) is 24.6. The summed E-state index contributed by atoms with van der Waals surface area (Å²) in [7, 11) is 0. The lowest BCUT2D eigenvalue weighted by molar-refractivity contribution is -0.384. The largest absolute Gasteiger partial charge is 0.269 e. The first-order chi connectivity index (χ1) is 6.72. The molecular weight excluding hydrogens is 202 g/mol. The Labute approximate surface area is 86.8 Å². The molecule has 0 N–H and O–H groups in total. The number of rotatable bonds is 3. The third-order valence-electron chi connectivity index (χ3n) is 2.63. The predicted molar refractivity (Wildman–Crippen MR) is 54.7 cm³/mol. The van der Waals surface area contributed by atoms with E-state index in [1.54, 1.807) is 12.1 Å². The molecule has 0 radical (unpaired) electrons. The van der Waals surface area contributed by atoms with Crippen LogP contribution in [0, 0.1) is 16.0 Å². The fraction of sp³-hybridized carbons (Fsp3) is 0.400. The Morgan fingerprint density at radius 1 is 1.57 bits per heavy atom. The van der Waals surface area contributed by atoms with Gasteiger partial charge in [-0.1, -0.05) is 12.1 Å². The maximum atomic E-state index is 10.5. The van der Waals surface area contributed by atoms with Gasteiger partial charge in [0.05, 0.1) is 4.92 Å². The number of alkyl halides is 1. The van der Waals surface area contributed by atoms with Crippen LogP contribution in [0.4, 0.5) is 5.69 Å². The van der Waals surface area contributed by atoms with Crippen LogP contribution in [-0.2, 0) is 0 Å². The summed E-state index contributed by atoms with van der Waals surface area (Å²) in [6.45, 7) is 0. The van der Waals surface area contributed by atoms with Crippen LogP contribution in [0.5, 0.6) is 0 Å². The zero-order valence-electron chi connectivity index (χ0n) is 7.52. The first-order valence-electron chi connectivity index (χ1n) is 4.52. The summed E-state index contributed by atoms with van der Waals surface area (Å²) in [4.78, 5) is 10.2. The predicted octanol–water partition coefficient (Wildman–Crippen LogP) is 2.94. The second-order valence-electron chi connectivity index (χ2n) is 3.61. The molecule has 2 rings (SSSR count). The van der Waals surface area contributed by atoms with Gasteiger partial charge in [-0.15, -0.1) is 11.6 Å². The molecule has 0 aliphatic heterocycles. The fourth-order valence-electron chi connectivity index (χ4n) is 1.70. The van der Waals surface area contributed by atoms with Crippen LogP contribution in [-0.4, -0.2) is 10.8 Å². The summed E-state index contributed by atoms with van der Waals surface area (Å²) in [6.07, 6.45) is 1.06. The van der Waals surface area contributed by atoms with Gasteiger partial charge in [0, 0.05) is 18.0 Å². The molecule has 1 aromatic rings. The van der Waals surface area contributed by atoms with E-state index >= 15 is 0 Å². The van der Waals surface area contributed by atoms with Gasteiger partial charge in [0.15, 0.2) is 0 Å². The van der Waals surface area contributed by atoms with Crippen molar-refractivity contribution in [1.82, 2.24) is 0 Å². The van der Waals surface area contributed by atoms with Crippen LogP contribution < -0.4 is 0 Å². The van der Waals surface area contributed by atoms with Crippen molar-refractivity contribution in [2.45, 2.75) is 12.3 Å². The first-order valence-corrected chi connectivity index (χ1v) is 5.06. The minimum absolute atomic E-state index is 0.169. The monoisotopic (exact) mass is 211 g/mol. The summed E-state index contributed by atoms with van der Waals surface area (Å²) >= 11 is 5.71. The average molecular weight is 212 g/mol. The van der Waals surface area contributed by atoms with Crippen molar-refractivity contribution in [2.24, 2.45) is 5.92 Å². The number of non-ortho nitro benzene ring substituents is 1. The summed E-state index contributed by atoms with van der Waals surface area (Å²) in [6, 6.07) is 6.83. The second kappa shape index (κ2) is 3.58. The fourth-order valence-corrected chi connectivity index (χ4v) is 2.04. The Balaban J connectivity index is 2.19. The van der Waals surface area contributed by atoms with Gasteiger partial charge < -0.3 is 0 Å².